The highest BCUT2D eigenvalue weighted by molar-refractivity contribution is 6.00. The lowest BCUT2D eigenvalue weighted by molar-refractivity contribution is 0.112. The van der Waals surface area contributed by atoms with Crippen LogP contribution in [0.2, 0.25) is 0 Å². The van der Waals surface area contributed by atoms with Crippen LogP contribution in [0.1, 0.15) is 27.2 Å². The van der Waals surface area contributed by atoms with E-state index in [1.807, 2.05) is 41.8 Å². The molecule has 4 aromatic rings. The summed E-state index contributed by atoms with van der Waals surface area (Å²) in [4.78, 5) is 11.7. The van der Waals surface area contributed by atoms with Gasteiger partial charge in [0.1, 0.15) is 17.9 Å². The SMILES string of the molecule is Cc1c(C=O)c2cnnc(OCc3ccc(F)cc3)c2n1Cc1ccccc1. The fourth-order valence-corrected chi connectivity index (χ4v) is 3.27. The molecule has 0 unspecified atom stereocenters. The van der Waals surface area contributed by atoms with Crippen molar-refractivity contribution in [2.45, 2.75) is 20.1 Å². The first-order valence-electron chi connectivity index (χ1n) is 8.88. The molecule has 0 bridgehead atoms. The summed E-state index contributed by atoms with van der Waals surface area (Å²) in [6, 6.07) is 16.1. The monoisotopic (exact) mass is 375 g/mol. The second-order valence-corrected chi connectivity index (χ2v) is 6.52. The maximum absolute atomic E-state index is 13.1. The second kappa shape index (κ2) is 7.60. The molecule has 0 fully saturated rings. The molecule has 0 aliphatic carbocycles. The number of carbonyl (C=O) groups is 1. The standard InChI is InChI=1S/C22H18FN3O2/c1-15-20(13-27)19-11-24-25-22(28-14-17-7-9-18(23)10-8-17)21(19)26(15)12-16-5-3-2-4-6-16/h2-11,13H,12,14H2,1H3. The molecule has 0 aliphatic heterocycles. The molecule has 0 N–H and O–H groups in total. The third-order valence-corrected chi connectivity index (χ3v) is 4.74. The fraction of sp³-hybridized carbons (Fsp3) is 0.136. The number of nitrogens with zero attached hydrogens (tertiary/aromatic N) is 3. The molecule has 0 aliphatic rings. The number of aromatic nitrogens is 3. The number of rotatable bonds is 6. The van der Waals surface area contributed by atoms with Crippen LogP contribution in [0.5, 0.6) is 5.88 Å². The zero-order chi connectivity index (χ0) is 19.5. The molecule has 6 heteroatoms. The van der Waals surface area contributed by atoms with Gasteiger partial charge in [0.15, 0.2) is 6.29 Å². The van der Waals surface area contributed by atoms with Gasteiger partial charge in [-0.2, -0.15) is 5.10 Å². The maximum Gasteiger partial charge on any atom is 0.258 e. The quantitative estimate of drug-likeness (QED) is 0.471. The first kappa shape index (κ1) is 17.9. The molecular formula is C22H18FN3O2. The van der Waals surface area contributed by atoms with Crippen molar-refractivity contribution < 1.29 is 13.9 Å². The molecule has 2 aromatic heterocycles. The predicted molar refractivity (Wildman–Crippen MR) is 104 cm³/mol. The Bertz CT molecular complexity index is 1120. The molecule has 0 saturated heterocycles. The molecule has 5 nitrogen and oxygen atoms in total. The number of hydrogen-bond donors (Lipinski definition) is 0. The molecule has 0 amide bonds. The number of benzene rings is 2. The lowest BCUT2D eigenvalue weighted by atomic mass is 10.2. The summed E-state index contributed by atoms with van der Waals surface area (Å²) in [7, 11) is 0. The van der Waals surface area contributed by atoms with Crippen LogP contribution in [0.25, 0.3) is 10.9 Å². The van der Waals surface area contributed by atoms with Gasteiger partial charge < -0.3 is 9.30 Å². The van der Waals surface area contributed by atoms with Gasteiger partial charge in [0.2, 0.25) is 0 Å². The van der Waals surface area contributed by atoms with Crippen molar-refractivity contribution in [1.82, 2.24) is 14.8 Å². The van der Waals surface area contributed by atoms with E-state index in [-0.39, 0.29) is 12.4 Å². The fourth-order valence-electron chi connectivity index (χ4n) is 3.27. The third-order valence-electron chi connectivity index (χ3n) is 4.74. The summed E-state index contributed by atoms with van der Waals surface area (Å²) < 4.78 is 21.0. The number of ether oxygens (including phenoxy) is 1. The second-order valence-electron chi connectivity index (χ2n) is 6.52. The summed E-state index contributed by atoms with van der Waals surface area (Å²) in [5.74, 6) is 0.0441. The first-order valence-corrected chi connectivity index (χ1v) is 8.88. The maximum atomic E-state index is 13.1. The normalized spacial score (nSPS) is 10.9. The summed E-state index contributed by atoms with van der Waals surface area (Å²) in [5.41, 5.74) is 4.04. The van der Waals surface area contributed by atoms with Gasteiger partial charge in [-0.1, -0.05) is 42.5 Å². The number of aldehydes is 1. The van der Waals surface area contributed by atoms with E-state index >= 15 is 0 Å². The Labute approximate surface area is 161 Å². The Hall–Kier alpha value is -3.54. The molecule has 28 heavy (non-hydrogen) atoms. The zero-order valence-corrected chi connectivity index (χ0v) is 15.3. The van der Waals surface area contributed by atoms with Crippen molar-refractivity contribution in [3.05, 3.63) is 89.0 Å². The Morgan fingerprint density at radius 2 is 1.82 bits per heavy atom. The number of hydrogen-bond acceptors (Lipinski definition) is 4. The van der Waals surface area contributed by atoms with Crippen LogP contribution in [0.15, 0.2) is 60.8 Å². The van der Waals surface area contributed by atoms with Gasteiger partial charge in [0.05, 0.1) is 6.20 Å². The topological polar surface area (TPSA) is 57.0 Å². The van der Waals surface area contributed by atoms with Gasteiger partial charge in [-0.3, -0.25) is 4.79 Å². The Morgan fingerprint density at radius 1 is 1.07 bits per heavy atom. The molecule has 2 aromatic carbocycles. The van der Waals surface area contributed by atoms with Crippen LogP contribution in [0.4, 0.5) is 4.39 Å². The van der Waals surface area contributed by atoms with Gasteiger partial charge >= 0.3 is 0 Å². The molecule has 0 atom stereocenters. The minimum Gasteiger partial charge on any atom is -0.470 e. The summed E-state index contributed by atoms with van der Waals surface area (Å²) >= 11 is 0. The van der Waals surface area contributed by atoms with Crippen molar-refractivity contribution in [2.75, 3.05) is 0 Å². The van der Waals surface area contributed by atoms with Gasteiger partial charge in [-0.05, 0) is 30.2 Å². The van der Waals surface area contributed by atoms with Crippen LogP contribution in [0, 0.1) is 12.7 Å². The summed E-state index contributed by atoms with van der Waals surface area (Å²) in [6.45, 7) is 2.70. The van der Waals surface area contributed by atoms with E-state index in [1.54, 1.807) is 18.3 Å². The van der Waals surface area contributed by atoms with Gasteiger partial charge in [0.25, 0.3) is 5.88 Å². The lowest BCUT2D eigenvalue weighted by Crippen LogP contribution is -2.05. The van der Waals surface area contributed by atoms with Crippen molar-refractivity contribution in [3.8, 4) is 5.88 Å². The van der Waals surface area contributed by atoms with E-state index in [1.165, 1.54) is 12.1 Å². The van der Waals surface area contributed by atoms with Crippen LogP contribution in [-0.4, -0.2) is 21.1 Å². The smallest absolute Gasteiger partial charge is 0.258 e. The molecule has 0 saturated carbocycles. The van der Waals surface area contributed by atoms with E-state index in [0.29, 0.717) is 23.4 Å². The summed E-state index contributed by atoms with van der Waals surface area (Å²) in [6.07, 6.45) is 2.42. The molecular weight excluding hydrogens is 357 g/mol. The average molecular weight is 375 g/mol. The molecule has 0 radical (unpaired) electrons. The molecule has 2 heterocycles. The minimum absolute atomic E-state index is 0.222. The minimum atomic E-state index is -0.298. The van der Waals surface area contributed by atoms with Gasteiger partial charge in [-0.15, -0.1) is 5.10 Å². The summed E-state index contributed by atoms with van der Waals surface area (Å²) in [5, 5.41) is 8.85. The van der Waals surface area contributed by atoms with Crippen LogP contribution in [0.3, 0.4) is 0 Å². The van der Waals surface area contributed by atoms with Crippen LogP contribution < -0.4 is 4.74 Å². The highest BCUT2D eigenvalue weighted by Gasteiger charge is 2.19. The van der Waals surface area contributed by atoms with E-state index in [4.69, 9.17) is 4.74 Å². The highest BCUT2D eigenvalue weighted by atomic mass is 19.1. The van der Waals surface area contributed by atoms with Crippen molar-refractivity contribution in [2.24, 2.45) is 0 Å². The molecule has 140 valence electrons. The van der Waals surface area contributed by atoms with Gasteiger partial charge in [-0.25, -0.2) is 4.39 Å². The Balaban J connectivity index is 1.76. The Kier molecular flexibility index (Phi) is 4.85. The van der Waals surface area contributed by atoms with Crippen LogP contribution >= 0.6 is 0 Å². The Morgan fingerprint density at radius 3 is 2.54 bits per heavy atom. The van der Waals surface area contributed by atoms with E-state index < -0.39 is 0 Å². The van der Waals surface area contributed by atoms with Gasteiger partial charge in [0, 0.05) is 23.2 Å². The molecule has 4 rings (SSSR count). The largest absolute Gasteiger partial charge is 0.470 e. The highest BCUT2D eigenvalue weighted by Crippen LogP contribution is 2.31. The van der Waals surface area contributed by atoms with Crippen molar-refractivity contribution in [1.29, 1.82) is 0 Å². The molecule has 0 spiro atoms. The van der Waals surface area contributed by atoms with Crippen molar-refractivity contribution in [3.63, 3.8) is 0 Å². The van der Waals surface area contributed by atoms with Crippen LogP contribution in [-0.2, 0) is 13.2 Å². The third kappa shape index (κ3) is 3.36. The number of fused-ring (bicyclic) bond motifs is 1. The van der Waals surface area contributed by atoms with E-state index in [2.05, 4.69) is 10.2 Å². The lowest BCUT2D eigenvalue weighted by Gasteiger charge is -2.11. The average Bonchev–Trinajstić information content (AvgIpc) is 3.00. The number of carbonyl (C=O) groups excluding carboxylic acids is 1. The van der Waals surface area contributed by atoms with E-state index in [0.717, 1.165) is 28.6 Å². The zero-order valence-electron chi connectivity index (χ0n) is 15.3. The first-order chi connectivity index (χ1) is 13.7. The number of halogens is 1. The van der Waals surface area contributed by atoms with Crippen molar-refractivity contribution >= 4 is 17.2 Å². The van der Waals surface area contributed by atoms with E-state index in [9.17, 15) is 9.18 Å². The predicted octanol–water partition coefficient (Wildman–Crippen LogP) is 4.32.